The van der Waals surface area contributed by atoms with E-state index >= 15 is 0 Å². The number of carbonyl (C=O) groups is 2. The molecule has 0 spiro atoms. The summed E-state index contributed by atoms with van der Waals surface area (Å²) in [5.74, 6) is -0.744. The van der Waals surface area contributed by atoms with Crippen LogP contribution in [0, 0.1) is 0 Å². The highest BCUT2D eigenvalue weighted by atomic mass is 16.5. The van der Waals surface area contributed by atoms with E-state index in [9.17, 15) is 9.59 Å². The third-order valence-electron chi connectivity index (χ3n) is 2.98. The standard InChI is InChI=1S/C14H15N3O5/c1-20-10-6-4-9(5-7-10)8-17-12(14(19)22-3)11(15-16-17)13(18)21-2/h4-7H,8H2,1-3H3. The van der Waals surface area contributed by atoms with Gasteiger partial charge in [-0.1, -0.05) is 17.3 Å². The molecule has 2 aromatic rings. The number of esters is 2. The Labute approximate surface area is 126 Å². The minimum atomic E-state index is -0.749. The maximum absolute atomic E-state index is 11.9. The number of aromatic nitrogens is 3. The molecule has 0 aliphatic carbocycles. The normalized spacial score (nSPS) is 10.1. The lowest BCUT2D eigenvalue weighted by atomic mass is 10.2. The molecule has 0 N–H and O–H groups in total. The van der Waals surface area contributed by atoms with Crippen molar-refractivity contribution in [3.63, 3.8) is 0 Å². The Hall–Kier alpha value is -2.90. The van der Waals surface area contributed by atoms with E-state index in [1.54, 1.807) is 19.2 Å². The van der Waals surface area contributed by atoms with Crippen LogP contribution in [0.15, 0.2) is 24.3 Å². The number of benzene rings is 1. The van der Waals surface area contributed by atoms with E-state index in [4.69, 9.17) is 4.74 Å². The Morgan fingerprint density at radius 3 is 2.23 bits per heavy atom. The number of hydrogen-bond donors (Lipinski definition) is 0. The van der Waals surface area contributed by atoms with Gasteiger partial charge in [-0.3, -0.25) is 0 Å². The van der Waals surface area contributed by atoms with Gasteiger partial charge >= 0.3 is 11.9 Å². The molecule has 0 saturated heterocycles. The first-order valence-corrected chi connectivity index (χ1v) is 6.33. The Bertz CT molecular complexity index is 678. The molecule has 0 saturated carbocycles. The van der Waals surface area contributed by atoms with Gasteiger partial charge in [-0.05, 0) is 17.7 Å². The van der Waals surface area contributed by atoms with E-state index in [0.29, 0.717) is 5.75 Å². The van der Waals surface area contributed by atoms with Gasteiger partial charge in [-0.15, -0.1) is 5.10 Å². The third kappa shape index (κ3) is 3.05. The average Bonchev–Trinajstić information content (AvgIpc) is 2.97. The second kappa shape index (κ2) is 6.70. The van der Waals surface area contributed by atoms with Gasteiger partial charge in [0, 0.05) is 0 Å². The second-order valence-corrected chi connectivity index (χ2v) is 4.28. The zero-order valence-corrected chi connectivity index (χ0v) is 12.4. The van der Waals surface area contributed by atoms with E-state index in [-0.39, 0.29) is 17.9 Å². The molecule has 0 atom stereocenters. The quantitative estimate of drug-likeness (QED) is 0.758. The zero-order valence-electron chi connectivity index (χ0n) is 12.4. The number of nitrogens with zero attached hydrogens (tertiary/aromatic N) is 3. The summed E-state index contributed by atoms with van der Waals surface area (Å²) in [6.07, 6.45) is 0. The monoisotopic (exact) mass is 305 g/mol. The summed E-state index contributed by atoms with van der Waals surface area (Å²) >= 11 is 0. The average molecular weight is 305 g/mol. The van der Waals surface area contributed by atoms with Gasteiger partial charge in [-0.25, -0.2) is 14.3 Å². The SMILES string of the molecule is COC(=O)c1nnn(Cc2ccc(OC)cc2)c1C(=O)OC. The van der Waals surface area contributed by atoms with Crippen molar-refractivity contribution in [1.29, 1.82) is 0 Å². The molecule has 116 valence electrons. The van der Waals surface area contributed by atoms with E-state index in [0.717, 1.165) is 5.56 Å². The molecule has 0 amide bonds. The van der Waals surface area contributed by atoms with Gasteiger partial charge in [-0.2, -0.15) is 0 Å². The fraction of sp³-hybridized carbons (Fsp3) is 0.286. The fourth-order valence-corrected chi connectivity index (χ4v) is 1.86. The predicted molar refractivity (Wildman–Crippen MR) is 74.8 cm³/mol. The van der Waals surface area contributed by atoms with Crippen LogP contribution in [0.5, 0.6) is 5.75 Å². The molecular formula is C14H15N3O5. The third-order valence-corrected chi connectivity index (χ3v) is 2.98. The van der Waals surface area contributed by atoms with Crippen LogP contribution in [-0.2, 0) is 16.0 Å². The van der Waals surface area contributed by atoms with Crippen molar-refractivity contribution in [2.45, 2.75) is 6.54 Å². The molecule has 0 radical (unpaired) electrons. The van der Waals surface area contributed by atoms with Crippen molar-refractivity contribution in [1.82, 2.24) is 15.0 Å². The van der Waals surface area contributed by atoms with Crippen LogP contribution in [0.4, 0.5) is 0 Å². The molecule has 0 bridgehead atoms. The zero-order chi connectivity index (χ0) is 16.1. The number of rotatable bonds is 5. The molecule has 22 heavy (non-hydrogen) atoms. The summed E-state index contributed by atoms with van der Waals surface area (Å²) in [6.45, 7) is 0.248. The van der Waals surface area contributed by atoms with Crippen molar-refractivity contribution in [2.75, 3.05) is 21.3 Å². The van der Waals surface area contributed by atoms with Crippen molar-refractivity contribution in [3.05, 3.63) is 41.2 Å². The molecule has 8 heteroatoms. The molecular weight excluding hydrogens is 290 g/mol. The number of carbonyl (C=O) groups excluding carboxylic acids is 2. The van der Waals surface area contributed by atoms with Crippen LogP contribution in [-0.4, -0.2) is 48.3 Å². The van der Waals surface area contributed by atoms with Crippen LogP contribution < -0.4 is 4.74 Å². The van der Waals surface area contributed by atoms with Gasteiger partial charge in [0.05, 0.1) is 27.9 Å². The highest BCUT2D eigenvalue weighted by molar-refractivity contribution is 6.00. The molecule has 0 unspecified atom stereocenters. The fourth-order valence-electron chi connectivity index (χ4n) is 1.86. The van der Waals surface area contributed by atoms with Crippen molar-refractivity contribution in [3.8, 4) is 5.75 Å². The summed E-state index contributed by atoms with van der Waals surface area (Å²) in [4.78, 5) is 23.5. The molecule has 0 aliphatic rings. The van der Waals surface area contributed by atoms with E-state index < -0.39 is 11.9 Å². The van der Waals surface area contributed by atoms with Gasteiger partial charge in [0.2, 0.25) is 5.69 Å². The molecule has 1 heterocycles. The maximum Gasteiger partial charge on any atom is 0.361 e. The largest absolute Gasteiger partial charge is 0.497 e. The lowest BCUT2D eigenvalue weighted by Gasteiger charge is -2.07. The van der Waals surface area contributed by atoms with Crippen molar-refractivity contribution < 1.29 is 23.8 Å². The minimum Gasteiger partial charge on any atom is -0.497 e. The first-order chi connectivity index (χ1) is 10.6. The van der Waals surface area contributed by atoms with E-state index in [2.05, 4.69) is 19.8 Å². The van der Waals surface area contributed by atoms with Crippen molar-refractivity contribution >= 4 is 11.9 Å². The molecule has 0 aliphatic heterocycles. The lowest BCUT2D eigenvalue weighted by molar-refractivity contribution is 0.0544. The maximum atomic E-state index is 11.9. The smallest absolute Gasteiger partial charge is 0.361 e. The van der Waals surface area contributed by atoms with Crippen molar-refractivity contribution in [2.24, 2.45) is 0 Å². The summed E-state index contributed by atoms with van der Waals surface area (Å²) < 4.78 is 15.6. The van der Waals surface area contributed by atoms with Crippen LogP contribution >= 0.6 is 0 Å². The lowest BCUT2D eigenvalue weighted by Crippen LogP contribution is -2.17. The highest BCUT2D eigenvalue weighted by Gasteiger charge is 2.26. The van der Waals surface area contributed by atoms with E-state index in [1.165, 1.54) is 18.9 Å². The Balaban J connectivity index is 2.35. The number of methoxy groups -OCH3 is 3. The topological polar surface area (TPSA) is 92.5 Å². The summed E-state index contributed by atoms with van der Waals surface area (Å²) in [5.41, 5.74) is 0.625. The Morgan fingerprint density at radius 1 is 1.05 bits per heavy atom. The molecule has 2 rings (SSSR count). The molecule has 0 fully saturated rings. The number of hydrogen-bond acceptors (Lipinski definition) is 7. The summed E-state index contributed by atoms with van der Waals surface area (Å²) in [5, 5.41) is 7.52. The first-order valence-electron chi connectivity index (χ1n) is 6.33. The highest BCUT2D eigenvalue weighted by Crippen LogP contribution is 2.15. The predicted octanol–water partition coefficient (Wildman–Crippen LogP) is 0.908. The van der Waals surface area contributed by atoms with Crippen LogP contribution in [0.3, 0.4) is 0 Å². The van der Waals surface area contributed by atoms with Crippen LogP contribution in [0.2, 0.25) is 0 Å². The Kier molecular flexibility index (Phi) is 4.72. The minimum absolute atomic E-state index is 0.0508. The number of ether oxygens (including phenoxy) is 3. The molecule has 1 aromatic heterocycles. The summed E-state index contributed by atoms with van der Waals surface area (Å²) in [6, 6.07) is 7.20. The van der Waals surface area contributed by atoms with Crippen LogP contribution in [0.1, 0.15) is 26.5 Å². The molecule has 1 aromatic carbocycles. The van der Waals surface area contributed by atoms with Gasteiger partial charge < -0.3 is 14.2 Å². The van der Waals surface area contributed by atoms with E-state index in [1.807, 2.05) is 12.1 Å². The van der Waals surface area contributed by atoms with Crippen LogP contribution in [0.25, 0.3) is 0 Å². The first kappa shape index (κ1) is 15.5. The molecule has 8 nitrogen and oxygen atoms in total. The van der Waals surface area contributed by atoms with Gasteiger partial charge in [0.25, 0.3) is 0 Å². The van der Waals surface area contributed by atoms with Gasteiger partial charge in [0.15, 0.2) is 5.69 Å². The van der Waals surface area contributed by atoms with Gasteiger partial charge in [0.1, 0.15) is 5.75 Å². The Morgan fingerprint density at radius 2 is 1.68 bits per heavy atom. The second-order valence-electron chi connectivity index (χ2n) is 4.28. The summed E-state index contributed by atoms with van der Waals surface area (Å²) in [7, 11) is 3.99.